The first-order chi connectivity index (χ1) is 13.1. The van der Waals surface area contributed by atoms with Gasteiger partial charge < -0.3 is 10.3 Å². The van der Waals surface area contributed by atoms with Gasteiger partial charge in [0.2, 0.25) is 0 Å². The minimum Gasteiger partial charge on any atom is -0.369 e. The molecule has 1 atom stereocenters. The minimum atomic E-state index is -3.56. The number of nitrogens with zero attached hydrogens (tertiary/aromatic N) is 1. The highest BCUT2D eigenvalue weighted by Crippen LogP contribution is 2.30. The van der Waals surface area contributed by atoms with Crippen LogP contribution in [0.2, 0.25) is 5.02 Å². The van der Waals surface area contributed by atoms with E-state index in [1.807, 2.05) is 0 Å². The van der Waals surface area contributed by atoms with E-state index in [-0.39, 0.29) is 21.6 Å². The second-order valence-electron chi connectivity index (χ2n) is 6.56. The molecule has 28 heavy (non-hydrogen) atoms. The van der Waals surface area contributed by atoms with E-state index < -0.39 is 27.5 Å². The van der Waals surface area contributed by atoms with Crippen LogP contribution in [-0.4, -0.2) is 24.6 Å². The van der Waals surface area contributed by atoms with E-state index in [4.69, 9.17) is 11.6 Å². The maximum Gasteiger partial charge on any atom is 0.194 e. The highest BCUT2D eigenvalue weighted by atomic mass is 35.5. The number of sulfone groups is 1. The fourth-order valence-corrected chi connectivity index (χ4v) is 3.92. The zero-order valence-electron chi connectivity index (χ0n) is 15.3. The van der Waals surface area contributed by atoms with Gasteiger partial charge in [-0.05, 0) is 49.2 Å². The van der Waals surface area contributed by atoms with Gasteiger partial charge in [-0.25, -0.2) is 22.2 Å². The lowest BCUT2D eigenvalue weighted by Gasteiger charge is -2.19. The molecule has 0 spiro atoms. The summed E-state index contributed by atoms with van der Waals surface area (Å²) in [5, 5.41) is 2.79. The number of rotatable bonds is 5. The van der Waals surface area contributed by atoms with Crippen LogP contribution in [-0.2, 0) is 9.84 Å². The van der Waals surface area contributed by atoms with E-state index in [9.17, 15) is 17.2 Å². The van der Waals surface area contributed by atoms with E-state index >= 15 is 0 Å². The highest BCUT2D eigenvalue weighted by Gasteiger charge is 2.24. The van der Waals surface area contributed by atoms with Gasteiger partial charge in [0.1, 0.15) is 23.5 Å². The average Bonchev–Trinajstić information content (AvgIpc) is 2.99. The van der Waals surface area contributed by atoms with Crippen LogP contribution in [0.3, 0.4) is 0 Å². The molecule has 2 aromatic carbocycles. The summed E-state index contributed by atoms with van der Waals surface area (Å²) in [7, 11) is -3.56. The second-order valence-corrected chi connectivity index (χ2v) is 8.90. The molecule has 1 aromatic heterocycles. The number of H-pyrrole nitrogens is 1. The van der Waals surface area contributed by atoms with Gasteiger partial charge in [-0.2, -0.15) is 0 Å². The number of benzene rings is 2. The van der Waals surface area contributed by atoms with Gasteiger partial charge in [0.25, 0.3) is 0 Å². The zero-order valence-corrected chi connectivity index (χ0v) is 16.9. The summed E-state index contributed by atoms with van der Waals surface area (Å²) in [5.74, 6) is -0.844. The normalized spacial score (nSPS) is 12.8. The zero-order chi connectivity index (χ0) is 20.6. The van der Waals surface area contributed by atoms with E-state index in [0.29, 0.717) is 11.3 Å². The Kier molecular flexibility index (Phi) is 5.45. The molecule has 5 nitrogen and oxygen atoms in total. The Hall–Kier alpha value is -2.45. The topological polar surface area (TPSA) is 74.8 Å². The molecule has 1 heterocycles. The minimum absolute atomic E-state index is 0.105. The van der Waals surface area contributed by atoms with Crippen LogP contribution in [0.4, 0.5) is 14.5 Å². The van der Waals surface area contributed by atoms with Crippen LogP contribution < -0.4 is 5.32 Å². The molecular formula is C19H18ClF2N3O2S. The number of aryl methyl sites for hydroxylation is 2. The predicted octanol–water partition coefficient (Wildman–Crippen LogP) is 4.56. The van der Waals surface area contributed by atoms with Crippen molar-refractivity contribution in [3.8, 4) is 0 Å². The van der Waals surface area contributed by atoms with Gasteiger partial charge in [0, 0.05) is 6.26 Å². The van der Waals surface area contributed by atoms with Crippen molar-refractivity contribution in [1.29, 1.82) is 0 Å². The number of imidazole rings is 1. The fourth-order valence-electron chi connectivity index (χ4n) is 2.86. The van der Waals surface area contributed by atoms with Gasteiger partial charge in [0.15, 0.2) is 14.9 Å². The summed E-state index contributed by atoms with van der Waals surface area (Å²) in [5.41, 5.74) is 1.77. The maximum atomic E-state index is 14.4. The molecule has 1 unspecified atom stereocenters. The lowest BCUT2D eigenvalue weighted by atomic mass is 10.1. The van der Waals surface area contributed by atoms with E-state index in [2.05, 4.69) is 15.3 Å². The third kappa shape index (κ3) is 4.18. The summed E-state index contributed by atoms with van der Waals surface area (Å²) in [6.07, 6.45) is 1.05. The molecule has 0 saturated heterocycles. The van der Waals surface area contributed by atoms with E-state index in [0.717, 1.165) is 11.8 Å². The number of hydrogen-bond donors (Lipinski definition) is 2. The Morgan fingerprint density at radius 3 is 2.39 bits per heavy atom. The average molecular weight is 426 g/mol. The van der Waals surface area contributed by atoms with Gasteiger partial charge in [-0.3, -0.25) is 0 Å². The fraction of sp³-hybridized carbons (Fsp3) is 0.211. The van der Waals surface area contributed by atoms with Crippen LogP contribution in [0.25, 0.3) is 0 Å². The molecule has 0 aliphatic heterocycles. The van der Waals surface area contributed by atoms with Crippen LogP contribution in [0.5, 0.6) is 0 Å². The predicted molar refractivity (Wildman–Crippen MR) is 104 cm³/mol. The Labute approximate surface area is 166 Å². The Balaban J connectivity index is 2.13. The standard InChI is InChI=1S/C19H18ClF2N3O2S/c1-10-4-7-16(15(22)8-10)24-17(12-5-6-14(21)13(20)9-12)18-23-11(2)19(25-18)28(3,26)27/h4-9,17,24H,1-3H3,(H,23,25). The van der Waals surface area contributed by atoms with E-state index in [1.54, 1.807) is 26.0 Å². The Bertz CT molecular complexity index is 1150. The van der Waals surface area contributed by atoms with Gasteiger partial charge in [0.05, 0.1) is 16.4 Å². The third-order valence-corrected chi connectivity index (χ3v) is 5.57. The van der Waals surface area contributed by atoms with Crippen molar-refractivity contribution in [2.24, 2.45) is 0 Å². The molecule has 0 amide bonds. The van der Waals surface area contributed by atoms with Crippen molar-refractivity contribution in [2.45, 2.75) is 24.9 Å². The monoisotopic (exact) mass is 425 g/mol. The van der Waals surface area contributed by atoms with Crippen LogP contribution in [0.15, 0.2) is 41.4 Å². The highest BCUT2D eigenvalue weighted by molar-refractivity contribution is 7.90. The van der Waals surface area contributed by atoms with Crippen molar-refractivity contribution in [1.82, 2.24) is 9.97 Å². The molecular weight excluding hydrogens is 408 g/mol. The number of aromatic amines is 1. The summed E-state index contributed by atoms with van der Waals surface area (Å²) in [6, 6.07) is 7.93. The number of halogens is 3. The smallest absolute Gasteiger partial charge is 0.194 e. The molecule has 0 bridgehead atoms. The molecule has 9 heteroatoms. The lowest BCUT2D eigenvalue weighted by molar-refractivity contribution is 0.597. The Morgan fingerprint density at radius 1 is 1.11 bits per heavy atom. The molecule has 3 aromatic rings. The summed E-state index contributed by atoms with van der Waals surface area (Å²) in [4.78, 5) is 7.11. The van der Waals surface area contributed by atoms with Crippen molar-refractivity contribution < 1.29 is 17.2 Å². The molecule has 0 fully saturated rings. The molecule has 148 valence electrons. The molecule has 0 aliphatic rings. The van der Waals surface area contributed by atoms with Gasteiger partial charge in [-0.1, -0.05) is 23.7 Å². The number of aromatic nitrogens is 2. The second kappa shape index (κ2) is 7.52. The molecule has 3 rings (SSSR count). The van der Waals surface area contributed by atoms with Crippen LogP contribution in [0.1, 0.15) is 28.7 Å². The number of nitrogens with one attached hydrogen (secondary N) is 2. The van der Waals surface area contributed by atoms with Gasteiger partial charge in [-0.15, -0.1) is 0 Å². The van der Waals surface area contributed by atoms with Crippen LogP contribution in [0, 0.1) is 25.5 Å². The maximum absolute atomic E-state index is 14.4. The van der Waals surface area contributed by atoms with Crippen molar-refractivity contribution in [3.63, 3.8) is 0 Å². The Morgan fingerprint density at radius 2 is 1.82 bits per heavy atom. The first kappa shape index (κ1) is 20.3. The van der Waals surface area contributed by atoms with Crippen LogP contribution >= 0.6 is 11.6 Å². The lowest BCUT2D eigenvalue weighted by Crippen LogP contribution is -2.15. The summed E-state index contributed by atoms with van der Waals surface area (Å²) in [6.45, 7) is 3.34. The first-order valence-electron chi connectivity index (χ1n) is 8.30. The first-order valence-corrected chi connectivity index (χ1v) is 10.6. The van der Waals surface area contributed by atoms with Crippen molar-refractivity contribution in [2.75, 3.05) is 11.6 Å². The van der Waals surface area contributed by atoms with Crippen molar-refractivity contribution >= 4 is 27.1 Å². The third-order valence-electron chi connectivity index (χ3n) is 4.18. The SMILES string of the molecule is Cc1ccc(NC(c2ccc(F)c(Cl)c2)c2nc(S(C)(=O)=O)c(C)[nH]2)c(F)c1. The number of anilines is 1. The van der Waals surface area contributed by atoms with E-state index in [1.165, 1.54) is 24.3 Å². The quantitative estimate of drug-likeness (QED) is 0.628. The molecule has 0 radical (unpaired) electrons. The largest absolute Gasteiger partial charge is 0.369 e. The number of hydrogen-bond acceptors (Lipinski definition) is 4. The molecule has 0 aliphatic carbocycles. The summed E-state index contributed by atoms with van der Waals surface area (Å²) < 4.78 is 51.9. The molecule has 0 saturated carbocycles. The van der Waals surface area contributed by atoms with Crippen molar-refractivity contribution in [3.05, 3.63) is 75.7 Å². The summed E-state index contributed by atoms with van der Waals surface area (Å²) >= 11 is 5.91. The van der Waals surface area contributed by atoms with Gasteiger partial charge >= 0.3 is 0 Å². The molecule has 2 N–H and O–H groups in total.